The molecule has 5 heteroatoms. The second-order valence-corrected chi connectivity index (χ2v) is 5.76. The third kappa shape index (κ3) is 6.04. The maximum atomic E-state index is 11.4. The SMILES string of the molecule is Cc1cccc(C(CN)CONC(=O)OC(C)(C)C)c1. The van der Waals surface area contributed by atoms with Crippen LogP contribution in [-0.2, 0) is 9.57 Å². The van der Waals surface area contributed by atoms with Crippen LogP contribution in [0.2, 0.25) is 0 Å². The summed E-state index contributed by atoms with van der Waals surface area (Å²) in [5.41, 5.74) is 9.74. The first-order chi connectivity index (χ1) is 9.31. The molecule has 0 aliphatic rings. The molecule has 0 radical (unpaired) electrons. The number of amides is 1. The lowest BCUT2D eigenvalue weighted by Crippen LogP contribution is -2.34. The zero-order valence-corrected chi connectivity index (χ0v) is 12.6. The molecule has 3 N–H and O–H groups in total. The normalized spacial score (nSPS) is 12.8. The first-order valence-electron chi connectivity index (χ1n) is 6.69. The first kappa shape index (κ1) is 16.5. The van der Waals surface area contributed by atoms with E-state index in [2.05, 4.69) is 11.5 Å². The predicted molar refractivity (Wildman–Crippen MR) is 78.3 cm³/mol. The number of nitrogens with one attached hydrogen (secondary N) is 1. The Kier molecular flexibility index (Phi) is 5.98. The second-order valence-electron chi connectivity index (χ2n) is 5.76. The van der Waals surface area contributed by atoms with Gasteiger partial charge >= 0.3 is 6.09 Å². The zero-order valence-electron chi connectivity index (χ0n) is 12.6. The average Bonchev–Trinajstić information content (AvgIpc) is 2.32. The van der Waals surface area contributed by atoms with Crippen LogP contribution in [0.5, 0.6) is 0 Å². The van der Waals surface area contributed by atoms with Gasteiger partial charge in [-0.3, -0.25) is 4.84 Å². The van der Waals surface area contributed by atoms with E-state index < -0.39 is 11.7 Å². The van der Waals surface area contributed by atoms with Gasteiger partial charge in [-0.1, -0.05) is 29.8 Å². The molecule has 112 valence electrons. The van der Waals surface area contributed by atoms with Gasteiger partial charge in [0.2, 0.25) is 0 Å². The smallest absolute Gasteiger partial charge is 0.431 e. The molecule has 1 amide bonds. The van der Waals surface area contributed by atoms with Gasteiger partial charge in [-0.25, -0.2) is 4.79 Å². The lowest BCUT2D eigenvalue weighted by Gasteiger charge is -2.20. The Labute approximate surface area is 120 Å². The number of hydrogen-bond acceptors (Lipinski definition) is 4. The van der Waals surface area contributed by atoms with Crippen LogP contribution in [0, 0.1) is 6.92 Å². The molecule has 1 aromatic rings. The summed E-state index contributed by atoms with van der Waals surface area (Å²) in [7, 11) is 0. The van der Waals surface area contributed by atoms with Crippen molar-refractivity contribution in [3.05, 3.63) is 35.4 Å². The summed E-state index contributed by atoms with van der Waals surface area (Å²) in [6.45, 7) is 8.15. The van der Waals surface area contributed by atoms with Crippen molar-refractivity contribution in [2.24, 2.45) is 5.73 Å². The number of nitrogens with two attached hydrogens (primary N) is 1. The fourth-order valence-corrected chi connectivity index (χ4v) is 1.72. The van der Waals surface area contributed by atoms with E-state index in [0.29, 0.717) is 13.2 Å². The van der Waals surface area contributed by atoms with Gasteiger partial charge in [-0.15, -0.1) is 0 Å². The van der Waals surface area contributed by atoms with Crippen molar-refractivity contribution in [3.8, 4) is 0 Å². The summed E-state index contributed by atoms with van der Waals surface area (Å²) in [5, 5.41) is 0. The van der Waals surface area contributed by atoms with E-state index >= 15 is 0 Å². The molecule has 5 nitrogen and oxygen atoms in total. The molecule has 0 saturated heterocycles. The number of aryl methyl sites for hydroxylation is 1. The average molecular weight is 280 g/mol. The van der Waals surface area contributed by atoms with Crippen molar-refractivity contribution in [1.29, 1.82) is 0 Å². The number of rotatable bonds is 5. The summed E-state index contributed by atoms with van der Waals surface area (Å²) in [4.78, 5) is 16.6. The summed E-state index contributed by atoms with van der Waals surface area (Å²) >= 11 is 0. The van der Waals surface area contributed by atoms with Crippen LogP contribution < -0.4 is 11.2 Å². The number of benzene rings is 1. The highest BCUT2D eigenvalue weighted by Gasteiger charge is 2.17. The van der Waals surface area contributed by atoms with Gasteiger partial charge in [0.05, 0.1) is 6.61 Å². The third-order valence-corrected chi connectivity index (χ3v) is 2.64. The van der Waals surface area contributed by atoms with E-state index in [1.54, 1.807) is 20.8 Å². The molecule has 0 fully saturated rings. The van der Waals surface area contributed by atoms with Crippen LogP contribution >= 0.6 is 0 Å². The highest BCUT2D eigenvalue weighted by molar-refractivity contribution is 5.66. The van der Waals surface area contributed by atoms with E-state index in [-0.39, 0.29) is 5.92 Å². The van der Waals surface area contributed by atoms with Crippen LogP contribution in [0.15, 0.2) is 24.3 Å². The molecule has 1 rings (SSSR count). The second kappa shape index (κ2) is 7.26. The molecule has 0 spiro atoms. The van der Waals surface area contributed by atoms with Crippen LogP contribution in [0.4, 0.5) is 4.79 Å². The summed E-state index contributed by atoms with van der Waals surface area (Å²) in [6, 6.07) is 8.07. The van der Waals surface area contributed by atoms with Gasteiger partial charge < -0.3 is 10.5 Å². The lowest BCUT2D eigenvalue weighted by atomic mass is 9.99. The number of ether oxygens (including phenoxy) is 1. The van der Waals surface area contributed by atoms with Crippen molar-refractivity contribution >= 4 is 6.09 Å². The summed E-state index contributed by atoms with van der Waals surface area (Å²) < 4.78 is 5.07. The van der Waals surface area contributed by atoms with Crippen LogP contribution in [0.25, 0.3) is 0 Å². The Bertz CT molecular complexity index is 441. The fraction of sp³-hybridized carbons (Fsp3) is 0.533. The molecule has 0 aliphatic heterocycles. The zero-order chi connectivity index (χ0) is 15.2. The van der Waals surface area contributed by atoms with Gasteiger partial charge in [-0.2, -0.15) is 5.48 Å². The Morgan fingerprint density at radius 1 is 1.40 bits per heavy atom. The monoisotopic (exact) mass is 280 g/mol. The molecule has 20 heavy (non-hydrogen) atoms. The number of carbonyl (C=O) groups excluding carboxylic acids is 1. The minimum atomic E-state index is -0.600. The van der Waals surface area contributed by atoms with Gasteiger partial charge in [0, 0.05) is 12.5 Å². The van der Waals surface area contributed by atoms with Crippen molar-refractivity contribution in [2.45, 2.75) is 39.2 Å². The minimum Gasteiger partial charge on any atom is -0.442 e. The first-order valence-corrected chi connectivity index (χ1v) is 6.69. The van der Waals surface area contributed by atoms with Gasteiger partial charge in [0.15, 0.2) is 0 Å². The molecule has 1 unspecified atom stereocenters. The van der Waals surface area contributed by atoms with E-state index in [4.69, 9.17) is 15.3 Å². The summed E-state index contributed by atoms with van der Waals surface area (Å²) in [5.74, 6) is 0.0323. The molecule has 0 aliphatic carbocycles. The maximum Gasteiger partial charge on any atom is 0.431 e. The number of hydrogen-bond donors (Lipinski definition) is 2. The van der Waals surface area contributed by atoms with Crippen molar-refractivity contribution in [3.63, 3.8) is 0 Å². The molecule has 0 heterocycles. The number of carbonyl (C=O) groups is 1. The predicted octanol–water partition coefficient (Wildman–Crippen LogP) is 2.49. The lowest BCUT2D eigenvalue weighted by molar-refractivity contribution is -0.0111. The quantitative estimate of drug-likeness (QED) is 0.813. The molecule has 0 aromatic heterocycles. The third-order valence-electron chi connectivity index (χ3n) is 2.64. The molecule has 1 aromatic carbocycles. The Morgan fingerprint density at radius 3 is 2.65 bits per heavy atom. The number of hydroxylamine groups is 1. The highest BCUT2D eigenvalue weighted by atomic mass is 16.7. The topological polar surface area (TPSA) is 73.6 Å². The Balaban J connectivity index is 2.45. The highest BCUT2D eigenvalue weighted by Crippen LogP contribution is 2.16. The summed E-state index contributed by atoms with van der Waals surface area (Å²) in [6.07, 6.45) is -0.600. The van der Waals surface area contributed by atoms with E-state index in [1.165, 1.54) is 5.56 Å². The Hall–Kier alpha value is -1.59. The molecule has 0 bridgehead atoms. The van der Waals surface area contributed by atoms with E-state index in [9.17, 15) is 4.79 Å². The van der Waals surface area contributed by atoms with Gasteiger partial charge in [0.25, 0.3) is 0 Å². The van der Waals surface area contributed by atoms with Crippen molar-refractivity contribution in [2.75, 3.05) is 13.2 Å². The fourth-order valence-electron chi connectivity index (χ4n) is 1.72. The molecular weight excluding hydrogens is 256 g/mol. The van der Waals surface area contributed by atoms with Crippen molar-refractivity contribution < 1.29 is 14.4 Å². The molecule has 0 saturated carbocycles. The van der Waals surface area contributed by atoms with Crippen LogP contribution in [-0.4, -0.2) is 24.8 Å². The van der Waals surface area contributed by atoms with Gasteiger partial charge in [0.1, 0.15) is 5.60 Å². The van der Waals surface area contributed by atoms with Crippen molar-refractivity contribution in [1.82, 2.24) is 5.48 Å². The largest absolute Gasteiger partial charge is 0.442 e. The van der Waals surface area contributed by atoms with Crippen LogP contribution in [0.3, 0.4) is 0 Å². The van der Waals surface area contributed by atoms with E-state index in [1.807, 2.05) is 25.1 Å². The minimum absolute atomic E-state index is 0.0323. The van der Waals surface area contributed by atoms with Crippen LogP contribution in [0.1, 0.15) is 37.8 Å². The van der Waals surface area contributed by atoms with Gasteiger partial charge in [-0.05, 0) is 33.3 Å². The maximum absolute atomic E-state index is 11.4. The molecular formula is C15H24N2O3. The standard InChI is InChI=1S/C15H24N2O3/c1-11-6-5-7-12(8-11)13(9-16)10-19-17-14(18)20-15(2,3)4/h5-8,13H,9-10,16H2,1-4H3,(H,17,18). The molecule has 1 atom stereocenters. The Morgan fingerprint density at radius 2 is 2.10 bits per heavy atom. The van der Waals surface area contributed by atoms with E-state index in [0.717, 1.165) is 5.56 Å².